The zero-order valence-electron chi connectivity index (χ0n) is 9.13. The van der Waals surface area contributed by atoms with E-state index < -0.39 is 11.5 Å². The summed E-state index contributed by atoms with van der Waals surface area (Å²) in [6.07, 6.45) is 2.73. The molecule has 3 N–H and O–H groups in total. The summed E-state index contributed by atoms with van der Waals surface area (Å²) in [5.74, 6) is -0.344. The van der Waals surface area contributed by atoms with Crippen molar-refractivity contribution in [3.05, 3.63) is 0 Å². The van der Waals surface area contributed by atoms with E-state index in [0.29, 0.717) is 12.3 Å². The van der Waals surface area contributed by atoms with E-state index in [0.717, 1.165) is 12.8 Å². The van der Waals surface area contributed by atoms with E-state index in [1.807, 2.05) is 6.92 Å². The SMILES string of the molecule is CC1(C)[C@@H]2CC[C@@]1(C)[C@](N)(C(=O)O)C2. The first-order valence-electron chi connectivity index (χ1n) is 5.28. The molecule has 0 amide bonds. The molecule has 14 heavy (non-hydrogen) atoms. The summed E-state index contributed by atoms with van der Waals surface area (Å²) in [4.78, 5) is 11.3. The van der Waals surface area contributed by atoms with Gasteiger partial charge in [-0.25, -0.2) is 0 Å². The molecule has 0 aromatic carbocycles. The van der Waals surface area contributed by atoms with Crippen molar-refractivity contribution in [2.24, 2.45) is 22.5 Å². The van der Waals surface area contributed by atoms with E-state index in [2.05, 4.69) is 13.8 Å². The quantitative estimate of drug-likeness (QED) is 0.671. The van der Waals surface area contributed by atoms with Crippen molar-refractivity contribution in [1.29, 1.82) is 0 Å². The molecule has 2 aliphatic carbocycles. The Morgan fingerprint density at radius 2 is 2.00 bits per heavy atom. The highest BCUT2D eigenvalue weighted by atomic mass is 16.4. The lowest BCUT2D eigenvalue weighted by Gasteiger charge is -2.43. The van der Waals surface area contributed by atoms with Crippen molar-refractivity contribution >= 4 is 5.97 Å². The van der Waals surface area contributed by atoms with Gasteiger partial charge in [-0.15, -0.1) is 0 Å². The van der Waals surface area contributed by atoms with Gasteiger partial charge in [0.15, 0.2) is 0 Å². The van der Waals surface area contributed by atoms with Crippen molar-refractivity contribution in [3.8, 4) is 0 Å². The van der Waals surface area contributed by atoms with Gasteiger partial charge in [-0.05, 0) is 30.6 Å². The van der Waals surface area contributed by atoms with Crippen LogP contribution in [0.25, 0.3) is 0 Å². The highest BCUT2D eigenvalue weighted by Gasteiger charge is 2.70. The van der Waals surface area contributed by atoms with Gasteiger partial charge in [-0.3, -0.25) is 4.79 Å². The molecule has 3 heteroatoms. The molecule has 0 radical (unpaired) electrons. The van der Waals surface area contributed by atoms with Crippen molar-refractivity contribution in [1.82, 2.24) is 0 Å². The van der Waals surface area contributed by atoms with Crippen molar-refractivity contribution in [3.63, 3.8) is 0 Å². The van der Waals surface area contributed by atoms with Crippen LogP contribution >= 0.6 is 0 Å². The summed E-state index contributed by atoms with van der Waals surface area (Å²) in [5.41, 5.74) is 4.93. The first kappa shape index (κ1) is 9.97. The minimum absolute atomic E-state index is 0.0696. The first-order chi connectivity index (χ1) is 6.26. The minimum Gasteiger partial charge on any atom is -0.480 e. The van der Waals surface area contributed by atoms with Gasteiger partial charge in [0.1, 0.15) is 5.54 Å². The van der Waals surface area contributed by atoms with Gasteiger partial charge in [0.05, 0.1) is 0 Å². The summed E-state index contributed by atoms with van der Waals surface area (Å²) < 4.78 is 0. The van der Waals surface area contributed by atoms with Crippen LogP contribution < -0.4 is 5.73 Å². The number of nitrogens with two attached hydrogens (primary N) is 1. The lowest BCUT2D eigenvalue weighted by atomic mass is 9.63. The van der Waals surface area contributed by atoms with Gasteiger partial charge in [0.25, 0.3) is 0 Å². The Hall–Kier alpha value is -0.570. The molecule has 2 fully saturated rings. The van der Waals surface area contributed by atoms with Gasteiger partial charge in [-0.1, -0.05) is 20.8 Å². The molecule has 0 spiro atoms. The van der Waals surface area contributed by atoms with Gasteiger partial charge >= 0.3 is 5.97 Å². The molecular weight excluding hydrogens is 178 g/mol. The van der Waals surface area contributed by atoms with E-state index >= 15 is 0 Å². The number of hydrogen-bond acceptors (Lipinski definition) is 2. The maximum absolute atomic E-state index is 11.3. The number of rotatable bonds is 1. The van der Waals surface area contributed by atoms with Gasteiger partial charge in [-0.2, -0.15) is 0 Å². The number of carboxylic acids is 1. The lowest BCUT2D eigenvalue weighted by molar-refractivity contribution is -0.149. The fraction of sp³-hybridized carbons (Fsp3) is 0.909. The molecule has 0 saturated heterocycles. The average molecular weight is 197 g/mol. The maximum Gasteiger partial charge on any atom is 0.324 e. The Labute approximate surface area is 84.7 Å². The van der Waals surface area contributed by atoms with Crippen LogP contribution in [0.15, 0.2) is 0 Å². The van der Waals surface area contributed by atoms with Crippen LogP contribution in [-0.2, 0) is 4.79 Å². The van der Waals surface area contributed by atoms with Crippen LogP contribution in [0.5, 0.6) is 0 Å². The van der Waals surface area contributed by atoms with Gasteiger partial charge in [0, 0.05) is 5.41 Å². The zero-order valence-corrected chi connectivity index (χ0v) is 9.13. The summed E-state index contributed by atoms with van der Waals surface area (Å²) in [7, 11) is 0. The molecule has 0 unspecified atom stereocenters. The summed E-state index contributed by atoms with van der Waals surface area (Å²) in [6, 6.07) is 0. The van der Waals surface area contributed by atoms with E-state index in [-0.39, 0.29) is 10.8 Å². The molecule has 2 rings (SSSR count). The highest BCUT2D eigenvalue weighted by molar-refractivity contribution is 5.81. The molecule has 0 aliphatic heterocycles. The smallest absolute Gasteiger partial charge is 0.324 e. The first-order valence-corrected chi connectivity index (χ1v) is 5.28. The standard InChI is InChI=1S/C11H19NO2/c1-9(2)7-4-5-10(9,3)11(12,6-7)8(13)14/h7H,4-6,12H2,1-3H3,(H,13,14)/t7-,10-,11-/m1/s1. The Morgan fingerprint density at radius 3 is 2.21 bits per heavy atom. The fourth-order valence-corrected chi connectivity index (χ4v) is 3.69. The Bertz CT molecular complexity index is 300. The minimum atomic E-state index is -1.00. The second kappa shape index (κ2) is 2.32. The van der Waals surface area contributed by atoms with Crippen LogP contribution in [0, 0.1) is 16.7 Å². The lowest BCUT2D eigenvalue weighted by Crippen LogP contribution is -2.59. The van der Waals surface area contributed by atoms with Crippen LogP contribution in [0.2, 0.25) is 0 Å². The number of aliphatic carboxylic acids is 1. The maximum atomic E-state index is 11.3. The fourth-order valence-electron chi connectivity index (χ4n) is 3.69. The molecule has 0 aromatic rings. The topological polar surface area (TPSA) is 63.3 Å². The molecule has 0 aromatic heterocycles. The molecular formula is C11H19NO2. The molecule has 2 saturated carbocycles. The van der Waals surface area contributed by atoms with E-state index in [9.17, 15) is 9.90 Å². The second-order valence-corrected chi connectivity index (χ2v) is 5.77. The summed E-state index contributed by atoms with van der Waals surface area (Å²) in [5, 5.41) is 9.27. The van der Waals surface area contributed by atoms with Crippen molar-refractivity contribution in [2.75, 3.05) is 0 Å². The molecule has 3 atom stereocenters. The molecule has 0 heterocycles. The van der Waals surface area contributed by atoms with Gasteiger partial charge in [0.2, 0.25) is 0 Å². The van der Waals surface area contributed by atoms with Crippen LogP contribution in [0.3, 0.4) is 0 Å². The van der Waals surface area contributed by atoms with Crippen molar-refractivity contribution < 1.29 is 9.90 Å². The number of carboxylic acid groups (broad SMARTS) is 1. The number of fused-ring (bicyclic) bond motifs is 2. The molecule has 80 valence electrons. The molecule has 2 bridgehead atoms. The zero-order chi connectivity index (χ0) is 10.8. The largest absolute Gasteiger partial charge is 0.480 e. The Morgan fingerprint density at radius 1 is 1.43 bits per heavy atom. The summed E-state index contributed by atoms with van der Waals surface area (Å²) in [6.45, 7) is 6.39. The third-order valence-corrected chi connectivity index (χ3v) is 5.37. The van der Waals surface area contributed by atoms with E-state index in [1.54, 1.807) is 0 Å². The van der Waals surface area contributed by atoms with Crippen LogP contribution in [0.1, 0.15) is 40.0 Å². The normalized spacial score (nSPS) is 49.6. The Kier molecular flexibility index (Phi) is 1.65. The van der Waals surface area contributed by atoms with Crippen molar-refractivity contribution in [2.45, 2.75) is 45.6 Å². The van der Waals surface area contributed by atoms with E-state index in [1.165, 1.54) is 0 Å². The molecule has 2 aliphatic rings. The average Bonchev–Trinajstić information content (AvgIpc) is 2.36. The van der Waals surface area contributed by atoms with E-state index in [4.69, 9.17) is 5.73 Å². The third-order valence-electron chi connectivity index (χ3n) is 5.37. The monoisotopic (exact) mass is 197 g/mol. The summed E-state index contributed by atoms with van der Waals surface area (Å²) >= 11 is 0. The number of hydrogen-bond donors (Lipinski definition) is 2. The molecule has 3 nitrogen and oxygen atoms in total. The predicted molar refractivity (Wildman–Crippen MR) is 53.8 cm³/mol. The van der Waals surface area contributed by atoms with Crippen LogP contribution in [0.4, 0.5) is 0 Å². The number of carbonyl (C=O) groups is 1. The third kappa shape index (κ3) is 0.761. The van der Waals surface area contributed by atoms with Crippen LogP contribution in [-0.4, -0.2) is 16.6 Å². The second-order valence-electron chi connectivity index (χ2n) is 5.77. The predicted octanol–water partition coefficient (Wildman–Crippen LogP) is 1.61. The Balaban J connectivity index is 2.50. The highest BCUT2D eigenvalue weighted by Crippen LogP contribution is 2.68. The van der Waals surface area contributed by atoms with Gasteiger partial charge < -0.3 is 10.8 Å².